The molecule has 0 unspecified atom stereocenters. The van der Waals surface area contributed by atoms with Gasteiger partial charge in [-0.15, -0.1) is 16.4 Å². The molecule has 5 nitrogen and oxygen atoms in total. The Labute approximate surface area is 120 Å². The van der Waals surface area contributed by atoms with Crippen LogP contribution in [0.15, 0.2) is 12.1 Å². The summed E-state index contributed by atoms with van der Waals surface area (Å²) < 4.78 is 0.718. The van der Waals surface area contributed by atoms with E-state index in [9.17, 15) is 4.79 Å². The number of carbonyl (C=O) groups excluding carboxylic acids is 1. The van der Waals surface area contributed by atoms with Gasteiger partial charge in [0.2, 0.25) is 5.82 Å². The smallest absolute Gasteiger partial charge is 0.293 e. The van der Waals surface area contributed by atoms with Crippen LogP contribution >= 0.6 is 22.9 Å². The lowest BCUT2D eigenvalue weighted by Gasteiger charge is -2.13. The third-order valence-electron chi connectivity index (χ3n) is 2.61. The Morgan fingerprint density at radius 3 is 2.79 bits per heavy atom. The molecule has 0 saturated heterocycles. The van der Waals surface area contributed by atoms with Crippen molar-refractivity contribution in [2.45, 2.75) is 26.3 Å². The van der Waals surface area contributed by atoms with Crippen LogP contribution in [-0.2, 0) is 6.54 Å². The lowest BCUT2D eigenvalue weighted by atomic mass is 10.2. The number of amides is 1. The molecule has 2 rings (SSSR count). The van der Waals surface area contributed by atoms with E-state index >= 15 is 0 Å². The highest BCUT2D eigenvalue weighted by Gasteiger charge is 2.18. The molecule has 102 valence electrons. The summed E-state index contributed by atoms with van der Waals surface area (Å²) in [6.45, 7) is 4.49. The standard InChI is InChI=1S/C12H15ClN4OS/c1-7(2)10-14-11(16-15-10)12(18)17(3)6-8-4-5-9(13)19-8/h4-5,7H,6H2,1-3H3,(H,14,15,16). The quantitative estimate of drug-likeness (QED) is 0.944. The Morgan fingerprint density at radius 2 is 2.26 bits per heavy atom. The molecular formula is C12H15ClN4OS. The molecule has 0 aliphatic rings. The average Bonchev–Trinajstić information content (AvgIpc) is 2.97. The highest BCUT2D eigenvalue weighted by molar-refractivity contribution is 7.16. The van der Waals surface area contributed by atoms with E-state index in [-0.39, 0.29) is 17.6 Å². The van der Waals surface area contributed by atoms with Crippen LogP contribution in [0.25, 0.3) is 0 Å². The van der Waals surface area contributed by atoms with Crippen LogP contribution < -0.4 is 0 Å². The molecule has 19 heavy (non-hydrogen) atoms. The van der Waals surface area contributed by atoms with E-state index in [0.29, 0.717) is 6.54 Å². The second kappa shape index (κ2) is 5.71. The number of H-pyrrole nitrogens is 1. The van der Waals surface area contributed by atoms with Crippen LogP contribution in [-0.4, -0.2) is 33.0 Å². The van der Waals surface area contributed by atoms with E-state index in [4.69, 9.17) is 11.6 Å². The Bertz CT molecular complexity index is 578. The van der Waals surface area contributed by atoms with Crippen LogP contribution in [0.4, 0.5) is 0 Å². The first-order chi connectivity index (χ1) is 8.97. The van der Waals surface area contributed by atoms with Crippen molar-refractivity contribution in [1.82, 2.24) is 20.1 Å². The molecule has 2 aromatic rings. The number of hydrogen-bond acceptors (Lipinski definition) is 4. The van der Waals surface area contributed by atoms with Gasteiger partial charge in [-0.3, -0.25) is 9.89 Å². The van der Waals surface area contributed by atoms with Gasteiger partial charge in [0.1, 0.15) is 5.82 Å². The Kier molecular flexibility index (Phi) is 4.21. The van der Waals surface area contributed by atoms with Crippen LogP contribution in [0.1, 0.15) is 41.1 Å². The zero-order chi connectivity index (χ0) is 14.0. The maximum absolute atomic E-state index is 12.1. The largest absolute Gasteiger partial charge is 0.334 e. The van der Waals surface area contributed by atoms with Gasteiger partial charge in [0.05, 0.1) is 10.9 Å². The molecule has 7 heteroatoms. The number of nitrogens with one attached hydrogen (secondary N) is 1. The van der Waals surface area contributed by atoms with Gasteiger partial charge in [0.25, 0.3) is 5.91 Å². The van der Waals surface area contributed by atoms with Gasteiger partial charge < -0.3 is 4.90 Å². The molecule has 1 N–H and O–H groups in total. The van der Waals surface area contributed by atoms with E-state index in [0.717, 1.165) is 15.0 Å². The summed E-state index contributed by atoms with van der Waals surface area (Å²) in [5, 5.41) is 6.74. The highest BCUT2D eigenvalue weighted by Crippen LogP contribution is 2.22. The summed E-state index contributed by atoms with van der Waals surface area (Å²) in [6, 6.07) is 3.73. The molecule has 1 amide bonds. The number of carbonyl (C=O) groups is 1. The van der Waals surface area contributed by atoms with Gasteiger partial charge in [-0.05, 0) is 12.1 Å². The van der Waals surface area contributed by atoms with Crippen molar-refractivity contribution in [3.05, 3.63) is 33.0 Å². The Morgan fingerprint density at radius 1 is 1.53 bits per heavy atom. The number of thiophene rings is 1. The second-order valence-corrected chi connectivity index (χ2v) is 6.37. The van der Waals surface area contributed by atoms with Crippen molar-refractivity contribution in [1.29, 1.82) is 0 Å². The van der Waals surface area contributed by atoms with Crippen molar-refractivity contribution in [2.75, 3.05) is 7.05 Å². The van der Waals surface area contributed by atoms with Crippen LogP contribution in [0.2, 0.25) is 4.34 Å². The number of nitrogens with zero attached hydrogens (tertiary/aromatic N) is 3. The van der Waals surface area contributed by atoms with Gasteiger partial charge in [0.15, 0.2) is 0 Å². The summed E-state index contributed by atoms with van der Waals surface area (Å²) in [5.41, 5.74) is 0. The van der Waals surface area contributed by atoms with E-state index in [2.05, 4.69) is 15.2 Å². The second-order valence-electron chi connectivity index (χ2n) is 4.57. The first-order valence-corrected chi connectivity index (χ1v) is 7.08. The number of halogens is 1. The van der Waals surface area contributed by atoms with Gasteiger partial charge >= 0.3 is 0 Å². The third-order valence-corrected chi connectivity index (χ3v) is 3.83. The van der Waals surface area contributed by atoms with Gasteiger partial charge in [-0.1, -0.05) is 25.4 Å². The van der Waals surface area contributed by atoms with E-state index in [1.54, 1.807) is 11.9 Å². The predicted molar refractivity (Wildman–Crippen MR) is 75.6 cm³/mol. The SMILES string of the molecule is CC(C)c1nc(C(=O)N(C)Cc2ccc(Cl)s2)n[nH]1. The van der Waals surface area contributed by atoms with Gasteiger partial charge in [0, 0.05) is 17.8 Å². The summed E-state index contributed by atoms with van der Waals surface area (Å²) in [7, 11) is 1.72. The number of rotatable bonds is 4. The van der Waals surface area contributed by atoms with Crippen molar-refractivity contribution in [3.8, 4) is 0 Å². The topological polar surface area (TPSA) is 61.9 Å². The minimum Gasteiger partial charge on any atom is -0.334 e. The molecule has 0 radical (unpaired) electrons. The van der Waals surface area contributed by atoms with Crippen LogP contribution in [0.3, 0.4) is 0 Å². The molecule has 0 aliphatic heterocycles. The predicted octanol–water partition coefficient (Wildman–Crippen LogP) is 2.92. The maximum Gasteiger partial charge on any atom is 0.293 e. The first kappa shape index (κ1) is 14.0. The summed E-state index contributed by atoms with van der Waals surface area (Å²) in [6.07, 6.45) is 0. The third kappa shape index (κ3) is 3.33. The minimum absolute atomic E-state index is 0.201. The van der Waals surface area contributed by atoms with Gasteiger partial charge in [-0.25, -0.2) is 4.98 Å². The molecule has 0 fully saturated rings. The Hall–Kier alpha value is -1.40. The van der Waals surface area contributed by atoms with Crippen molar-refractivity contribution < 1.29 is 4.79 Å². The average molecular weight is 299 g/mol. The van der Waals surface area contributed by atoms with Crippen molar-refractivity contribution >= 4 is 28.8 Å². The summed E-state index contributed by atoms with van der Waals surface area (Å²) in [4.78, 5) is 18.9. The number of aromatic nitrogens is 3. The zero-order valence-electron chi connectivity index (χ0n) is 11.0. The number of aromatic amines is 1. The summed E-state index contributed by atoms with van der Waals surface area (Å²) in [5.74, 6) is 0.938. The van der Waals surface area contributed by atoms with Gasteiger partial charge in [-0.2, -0.15) is 0 Å². The fraction of sp³-hybridized carbons (Fsp3) is 0.417. The molecule has 0 bridgehead atoms. The molecule has 0 aromatic carbocycles. The molecule has 2 heterocycles. The normalized spacial score (nSPS) is 11.0. The van der Waals surface area contributed by atoms with Crippen LogP contribution in [0, 0.1) is 0 Å². The lowest BCUT2D eigenvalue weighted by molar-refractivity contribution is 0.0774. The first-order valence-electron chi connectivity index (χ1n) is 5.89. The fourth-order valence-corrected chi connectivity index (χ4v) is 2.68. The molecule has 0 saturated carbocycles. The molecule has 0 aliphatic carbocycles. The molecule has 0 spiro atoms. The van der Waals surface area contributed by atoms with E-state index in [1.165, 1.54) is 11.3 Å². The fourth-order valence-electron chi connectivity index (χ4n) is 1.54. The monoisotopic (exact) mass is 298 g/mol. The molecule has 0 atom stereocenters. The highest BCUT2D eigenvalue weighted by atomic mass is 35.5. The molecule has 2 aromatic heterocycles. The number of hydrogen-bond donors (Lipinski definition) is 1. The Balaban J connectivity index is 2.05. The van der Waals surface area contributed by atoms with E-state index < -0.39 is 0 Å². The summed E-state index contributed by atoms with van der Waals surface area (Å²) >= 11 is 7.33. The van der Waals surface area contributed by atoms with Crippen molar-refractivity contribution in [3.63, 3.8) is 0 Å². The van der Waals surface area contributed by atoms with Crippen molar-refractivity contribution in [2.24, 2.45) is 0 Å². The van der Waals surface area contributed by atoms with E-state index in [1.807, 2.05) is 26.0 Å². The lowest BCUT2D eigenvalue weighted by Crippen LogP contribution is -2.26. The zero-order valence-corrected chi connectivity index (χ0v) is 12.5. The van der Waals surface area contributed by atoms with Crippen LogP contribution in [0.5, 0.6) is 0 Å². The minimum atomic E-state index is -0.201. The maximum atomic E-state index is 12.1. The molecular weight excluding hydrogens is 284 g/mol.